The zero-order valence-corrected chi connectivity index (χ0v) is 13.4. The third kappa shape index (κ3) is 2.75. The van der Waals surface area contributed by atoms with Crippen LogP contribution in [0, 0.1) is 0 Å². The Morgan fingerprint density at radius 3 is 1.17 bits per heavy atom. The Hall–Kier alpha value is -3.12. The lowest BCUT2D eigenvalue weighted by atomic mass is 9.89. The van der Waals surface area contributed by atoms with Crippen LogP contribution < -0.4 is 0 Å². The Morgan fingerprint density at radius 1 is 0.333 bits per heavy atom. The van der Waals surface area contributed by atoms with Gasteiger partial charge < -0.3 is 0 Å². The fraction of sp³-hybridized carbons (Fsp3) is 0. The third-order valence-electron chi connectivity index (χ3n) is 4.31. The second-order valence-electron chi connectivity index (χ2n) is 5.82. The molecular formula is C24H18. The summed E-state index contributed by atoms with van der Waals surface area (Å²) in [6.45, 7) is 0. The lowest BCUT2D eigenvalue weighted by Gasteiger charge is -2.14. The van der Waals surface area contributed by atoms with Crippen LogP contribution in [0.2, 0.25) is 0 Å². The molecular weight excluding hydrogens is 288 g/mol. The molecule has 114 valence electrons. The molecule has 1 aliphatic rings. The second-order valence-corrected chi connectivity index (χ2v) is 5.82. The minimum atomic E-state index is 1.23. The largest absolute Gasteiger partial charge is 0.0622 e. The Labute approximate surface area is 143 Å². The molecule has 3 aromatic carbocycles. The van der Waals surface area contributed by atoms with Gasteiger partial charge in [-0.3, -0.25) is 0 Å². The van der Waals surface area contributed by atoms with Gasteiger partial charge in [0.25, 0.3) is 0 Å². The van der Waals surface area contributed by atoms with Gasteiger partial charge in [0, 0.05) is 0 Å². The lowest BCUT2D eigenvalue weighted by Crippen LogP contribution is -1.90. The maximum Gasteiger partial charge on any atom is -0.00992 e. The molecule has 0 atom stereocenters. The van der Waals surface area contributed by atoms with E-state index in [1.54, 1.807) is 0 Å². The highest BCUT2D eigenvalue weighted by Crippen LogP contribution is 2.36. The first kappa shape index (κ1) is 14.5. The minimum Gasteiger partial charge on any atom is -0.0622 e. The second kappa shape index (κ2) is 6.55. The normalized spacial score (nSPS) is 16.5. The first-order valence-electron chi connectivity index (χ1n) is 8.23. The Kier molecular flexibility index (Phi) is 3.95. The van der Waals surface area contributed by atoms with Crippen LogP contribution in [0.1, 0.15) is 11.1 Å². The van der Waals surface area contributed by atoms with Crippen LogP contribution in [0.25, 0.3) is 34.4 Å². The number of allylic oxidation sites excluding steroid dienone is 4. The van der Waals surface area contributed by atoms with Crippen LogP contribution in [-0.4, -0.2) is 0 Å². The van der Waals surface area contributed by atoms with Gasteiger partial charge in [0.1, 0.15) is 0 Å². The molecule has 0 heteroatoms. The van der Waals surface area contributed by atoms with Crippen LogP contribution in [0.5, 0.6) is 0 Å². The van der Waals surface area contributed by atoms with E-state index in [2.05, 4.69) is 109 Å². The molecule has 0 nitrogen and oxygen atoms in total. The highest BCUT2D eigenvalue weighted by atomic mass is 14.1. The molecule has 4 rings (SSSR count). The lowest BCUT2D eigenvalue weighted by molar-refractivity contribution is 1.55. The molecule has 0 radical (unpaired) electrons. The molecule has 1 aliphatic carbocycles. The average Bonchev–Trinajstić information content (AvgIpc) is 2.64. The summed E-state index contributed by atoms with van der Waals surface area (Å²) < 4.78 is 0. The number of fused-ring (bicyclic) bond motifs is 5. The Bertz CT molecular complexity index is 877. The third-order valence-corrected chi connectivity index (χ3v) is 4.31. The van der Waals surface area contributed by atoms with Crippen molar-refractivity contribution in [3.8, 4) is 22.3 Å². The van der Waals surface area contributed by atoms with Crippen molar-refractivity contribution in [2.24, 2.45) is 0 Å². The first-order chi connectivity index (χ1) is 11.9. The van der Waals surface area contributed by atoms with Gasteiger partial charge in [0.2, 0.25) is 0 Å². The van der Waals surface area contributed by atoms with Crippen LogP contribution in [0.4, 0.5) is 0 Å². The maximum absolute atomic E-state index is 2.21. The number of benzene rings is 3. The van der Waals surface area contributed by atoms with Crippen molar-refractivity contribution >= 4 is 12.2 Å². The molecule has 0 saturated carbocycles. The van der Waals surface area contributed by atoms with Gasteiger partial charge in [-0.25, -0.2) is 0 Å². The highest BCUT2D eigenvalue weighted by molar-refractivity contribution is 5.90. The molecule has 0 N–H and O–H groups in total. The first-order valence-corrected chi connectivity index (χ1v) is 8.23. The van der Waals surface area contributed by atoms with Gasteiger partial charge in [0.15, 0.2) is 0 Å². The highest BCUT2D eigenvalue weighted by Gasteiger charge is 2.11. The number of rotatable bonds is 0. The molecule has 0 unspecified atom stereocenters. The van der Waals surface area contributed by atoms with Crippen LogP contribution in [0.15, 0.2) is 97.1 Å². The topological polar surface area (TPSA) is 0 Å². The van der Waals surface area contributed by atoms with E-state index in [0.29, 0.717) is 0 Å². The van der Waals surface area contributed by atoms with E-state index >= 15 is 0 Å². The Morgan fingerprint density at radius 2 is 0.708 bits per heavy atom. The van der Waals surface area contributed by atoms with Gasteiger partial charge in [-0.1, -0.05) is 109 Å². The van der Waals surface area contributed by atoms with Crippen LogP contribution in [-0.2, 0) is 0 Å². The average molecular weight is 306 g/mol. The van der Waals surface area contributed by atoms with Crippen molar-refractivity contribution in [2.45, 2.75) is 0 Å². The van der Waals surface area contributed by atoms with Crippen LogP contribution in [0.3, 0.4) is 0 Å². The quantitative estimate of drug-likeness (QED) is 0.438. The van der Waals surface area contributed by atoms with E-state index in [1.807, 2.05) is 0 Å². The molecule has 0 fully saturated rings. The number of hydrogen-bond acceptors (Lipinski definition) is 0. The smallest absolute Gasteiger partial charge is 0.00992 e. The van der Waals surface area contributed by atoms with E-state index in [-0.39, 0.29) is 0 Å². The summed E-state index contributed by atoms with van der Waals surface area (Å²) in [4.78, 5) is 0. The van der Waals surface area contributed by atoms with Crippen molar-refractivity contribution in [1.82, 2.24) is 0 Å². The zero-order chi connectivity index (χ0) is 16.2. The summed E-state index contributed by atoms with van der Waals surface area (Å²) in [6.07, 6.45) is 12.7. The van der Waals surface area contributed by atoms with Crippen molar-refractivity contribution in [2.75, 3.05) is 0 Å². The summed E-state index contributed by atoms with van der Waals surface area (Å²) in [5.74, 6) is 0. The maximum atomic E-state index is 2.21. The summed E-state index contributed by atoms with van der Waals surface area (Å²) in [6, 6.07) is 25.8. The van der Waals surface area contributed by atoms with E-state index in [0.717, 1.165) is 0 Å². The van der Waals surface area contributed by atoms with Crippen molar-refractivity contribution in [3.05, 3.63) is 108 Å². The summed E-state index contributed by atoms with van der Waals surface area (Å²) in [5.41, 5.74) is 7.52. The fourth-order valence-electron chi connectivity index (χ4n) is 3.17. The summed E-state index contributed by atoms with van der Waals surface area (Å²) in [7, 11) is 0. The predicted octanol–water partition coefficient (Wildman–Crippen LogP) is 6.62. The minimum absolute atomic E-state index is 1.23. The molecule has 0 aliphatic heterocycles. The van der Waals surface area contributed by atoms with E-state index in [4.69, 9.17) is 0 Å². The standard InChI is InChI=1S/C24H18/c1-2-4-12-20-14-6-8-16-22(20)24-18-10-9-17-23(24)21-15-7-5-13-19(21)11-3-1/h1-18H/b2-1-,3-1?,4-2?,11-3-,12-4-,19-11?,20-12?,23-21?,24-22?. The van der Waals surface area contributed by atoms with Crippen LogP contribution >= 0.6 is 0 Å². The molecule has 0 aromatic heterocycles. The fourth-order valence-corrected chi connectivity index (χ4v) is 3.17. The molecule has 0 bridgehead atoms. The van der Waals surface area contributed by atoms with Gasteiger partial charge in [-0.15, -0.1) is 0 Å². The van der Waals surface area contributed by atoms with Gasteiger partial charge >= 0.3 is 0 Å². The van der Waals surface area contributed by atoms with Gasteiger partial charge in [-0.05, 0) is 33.4 Å². The molecule has 0 saturated heterocycles. The van der Waals surface area contributed by atoms with Gasteiger partial charge in [-0.2, -0.15) is 0 Å². The predicted molar refractivity (Wildman–Crippen MR) is 105 cm³/mol. The van der Waals surface area contributed by atoms with E-state index < -0.39 is 0 Å². The van der Waals surface area contributed by atoms with E-state index in [9.17, 15) is 0 Å². The molecule has 0 spiro atoms. The van der Waals surface area contributed by atoms with Crippen molar-refractivity contribution < 1.29 is 0 Å². The zero-order valence-electron chi connectivity index (χ0n) is 13.4. The molecule has 0 heterocycles. The monoisotopic (exact) mass is 306 g/mol. The molecule has 0 amide bonds. The van der Waals surface area contributed by atoms with E-state index in [1.165, 1.54) is 33.4 Å². The summed E-state index contributed by atoms with van der Waals surface area (Å²) in [5, 5.41) is 0. The Balaban J connectivity index is 2.06. The van der Waals surface area contributed by atoms with Crippen molar-refractivity contribution in [3.63, 3.8) is 0 Å². The number of hydrogen-bond donors (Lipinski definition) is 0. The molecule has 3 aromatic rings. The summed E-state index contributed by atoms with van der Waals surface area (Å²) >= 11 is 0. The molecule has 24 heavy (non-hydrogen) atoms. The SMILES string of the molecule is C1=C\C=C/c2ccccc2-c2ccccc2-c2ccccc2\C=C/1. The van der Waals surface area contributed by atoms with Gasteiger partial charge in [0.05, 0.1) is 0 Å². The van der Waals surface area contributed by atoms with Crippen molar-refractivity contribution in [1.29, 1.82) is 0 Å².